The van der Waals surface area contributed by atoms with E-state index in [1.54, 1.807) is 0 Å². The second kappa shape index (κ2) is 5.38. The quantitative estimate of drug-likeness (QED) is 0.902. The van der Waals surface area contributed by atoms with Gasteiger partial charge in [0.25, 0.3) is 0 Å². The van der Waals surface area contributed by atoms with Crippen LogP contribution >= 0.6 is 0 Å². The fraction of sp³-hybridized carbons (Fsp3) is 0.588. The lowest BCUT2D eigenvalue weighted by Gasteiger charge is -2.23. The highest BCUT2D eigenvalue weighted by atomic mass is 16.6. The molecule has 5 heteroatoms. The van der Waals surface area contributed by atoms with E-state index in [-0.39, 0.29) is 11.6 Å². The van der Waals surface area contributed by atoms with Crippen molar-refractivity contribution in [2.75, 3.05) is 13.2 Å². The third-order valence-electron chi connectivity index (χ3n) is 4.89. The average Bonchev–Trinajstić information content (AvgIpc) is 3.13. The number of benzene rings is 1. The van der Waals surface area contributed by atoms with Gasteiger partial charge in [0.15, 0.2) is 11.5 Å². The predicted molar refractivity (Wildman–Crippen MR) is 82.3 cm³/mol. The summed E-state index contributed by atoms with van der Waals surface area (Å²) in [6.45, 7) is 1.18. The molecule has 0 atom stereocenters. The highest BCUT2D eigenvalue weighted by Gasteiger charge is 2.46. The van der Waals surface area contributed by atoms with E-state index in [9.17, 15) is 4.79 Å². The van der Waals surface area contributed by atoms with Gasteiger partial charge in [-0.25, -0.2) is 4.79 Å². The van der Waals surface area contributed by atoms with Gasteiger partial charge >= 0.3 is 6.03 Å². The van der Waals surface area contributed by atoms with Crippen molar-refractivity contribution in [3.63, 3.8) is 0 Å². The van der Waals surface area contributed by atoms with Crippen molar-refractivity contribution in [3.8, 4) is 11.5 Å². The zero-order chi connectivity index (χ0) is 15.0. The van der Waals surface area contributed by atoms with Gasteiger partial charge in [0.2, 0.25) is 0 Å². The molecule has 0 unspecified atom stereocenters. The van der Waals surface area contributed by atoms with Crippen LogP contribution in [0.25, 0.3) is 0 Å². The minimum absolute atomic E-state index is 0.0423. The van der Waals surface area contributed by atoms with Gasteiger partial charge in [-0.2, -0.15) is 0 Å². The number of amides is 2. The molecule has 2 amide bonds. The maximum absolute atomic E-state index is 12.2. The fourth-order valence-corrected chi connectivity index (χ4v) is 3.46. The van der Waals surface area contributed by atoms with Crippen molar-refractivity contribution in [2.24, 2.45) is 0 Å². The van der Waals surface area contributed by atoms with E-state index in [1.165, 1.54) is 12.8 Å². The molecule has 1 aromatic rings. The molecule has 1 aromatic carbocycles. The van der Waals surface area contributed by atoms with E-state index in [0.717, 1.165) is 42.7 Å². The largest absolute Gasteiger partial charge is 0.486 e. The normalized spacial score (nSPS) is 22.2. The summed E-state index contributed by atoms with van der Waals surface area (Å²) >= 11 is 0. The molecule has 4 rings (SSSR count). The zero-order valence-electron chi connectivity index (χ0n) is 12.7. The Labute approximate surface area is 130 Å². The number of carbonyl (C=O) groups excluding carboxylic acids is 1. The summed E-state index contributed by atoms with van der Waals surface area (Å²) in [6.07, 6.45) is 6.60. The molecule has 2 N–H and O–H groups in total. The maximum Gasteiger partial charge on any atom is 0.315 e. The van der Waals surface area contributed by atoms with Crippen LogP contribution < -0.4 is 20.1 Å². The molecule has 0 bridgehead atoms. The standard InChI is InChI=1S/C17H22N2O3/c20-16(18-13-3-1-2-4-13)19-17(7-8-17)12-5-6-14-15(11-12)22-10-9-21-14/h5-6,11,13H,1-4,7-10H2,(H2,18,19,20). The average molecular weight is 302 g/mol. The zero-order valence-corrected chi connectivity index (χ0v) is 12.7. The molecule has 0 saturated heterocycles. The Morgan fingerprint density at radius 3 is 2.55 bits per heavy atom. The van der Waals surface area contributed by atoms with Crippen LogP contribution in [-0.4, -0.2) is 25.3 Å². The Morgan fingerprint density at radius 1 is 1.09 bits per heavy atom. The second-order valence-electron chi connectivity index (χ2n) is 6.52. The molecule has 1 aliphatic heterocycles. The van der Waals surface area contributed by atoms with E-state index in [0.29, 0.717) is 19.3 Å². The summed E-state index contributed by atoms with van der Waals surface area (Å²) in [6, 6.07) is 6.30. The van der Waals surface area contributed by atoms with Crippen molar-refractivity contribution in [1.29, 1.82) is 0 Å². The first kappa shape index (κ1) is 13.7. The Morgan fingerprint density at radius 2 is 1.82 bits per heavy atom. The molecule has 0 spiro atoms. The van der Waals surface area contributed by atoms with Crippen molar-refractivity contribution >= 4 is 6.03 Å². The van der Waals surface area contributed by atoms with E-state index in [4.69, 9.17) is 9.47 Å². The van der Waals surface area contributed by atoms with E-state index < -0.39 is 0 Å². The molecule has 5 nitrogen and oxygen atoms in total. The molecular formula is C17H22N2O3. The van der Waals surface area contributed by atoms with Gasteiger partial charge in [-0.1, -0.05) is 18.9 Å². The van der Waals surface area contributed by atoms with Crippen molar-refractivity contribution in [2.45, 2.75) is 50.1 Å². The van der Waals surface area contributed by atoms with Crippen LogP contribution in [0, 0.1) is 0 Å². The van der Waals surface area contributed by atoms with Crippen LogP contribution in [0.4, 0.5) is 4.79 Å². The molecule has 2 fully saturated rings. The summed E-state index contributed by atoms with van der Waals surface area (Å²) in [4.78, 5) is 12.2. The monoisotopic (exact) mass is 302 g/mol. The predicted octanol–water partition coefficient (Wildman–Crippen LogP) is 2.69. The SMILES string of the molecule is O=C(NC1CCCC1)NC1(c2ccc3c(c2)OCCO3)CC1. The highest BCUT2D eigenvalue weighted by molar-refractivity contribution is 5.76. The summed E-state index contributed by atoms with van der Waals surface area (Å²) in [5.41, 5.74) is 0.886. The summed E-state index contributed by atoms with van der Waals surface area (Å²) in [5, 5.41) is 6.27. The van der Waals surface area contributed by atoms with Crippen LogP contribution in [0.3, 0.4) is 0 Å². The Kier molecular flexibility index (Phi) is 3.36. The summed E-state index contributed by atoms with van der Waals surface area (Å²) in [5.74, 6) is 1.58. The molecule has 3 aliphatic rings. The number of urea groups is 1. The lowest BCUT2D eigenvalue weighted by molar-refractivity contribution is 0.171. The number of nitrogens with one attached hydrogen (secondary N) is 2. The minimum Gasteiger partial charge on any atom is -0.486 e. The molecule has 0 radical (unpaired) electrons. The molecular weight excluding hydrogens is 280 g/mol. The molecule has 2 aliphatic carbocycles. The number of fused-ring (bicyclic) bond motifs is 1. The summed E-state index contributed by atoms with van der Waals surface area (Å²) in [7, 11) is 0. The second-order valence-corrected chi connectivity index (χ2v) is 6.52. The van der Waals surface area contributed by atoms with Crippen LogP contribution in [0.5, 0.6) is 11.5 Å². The third kappa shape index (κ3) is 2.60. The topological polar surface area (TPSA) is 59.6 Å². The first-order chi connectivity index (χ1) is 10.8. The fourth-order valence-electron chi connectivity index (χ4n) is 3.46. The van der Waals surface area contributed by atoms with Crippen molar-refractivity contribution in [1.82, 2.24) is 10.6 Å². The van der Waals surface area contributed by atoms with Crippen LogP contribution in [0.15, 0.2) is 18.2 Å². The van der Waals surface area contributed by atoms with E-state index >= 15 is 0 Å². The molecule has 2 saturated carbocycles. The summed E-state index contributed by atoms with van der Waals surface area (Å²) < 4.78 is 11.2. The number of rotatable bonds is 3. The first-order valence-corrected chi connectivity index (χ1v) is 8.24. The Balaban J connectivity index is 1.45. The first-order valence-electron chi connectivity index (χ1n) is 8.24. The van der Waals surface area contributed by atoms with Gasteiger partial charge in [0, 0.05) is 6.04 Å². The van der Waals surface area contributed by atoms with Gasteiger partial charge in [-0.15, -0.1) is 0 Å². The minimum atomic E-state index is -0.224. The highest BCUT2D eigenvalue weighted by Crippen LogP contribution is 2.47. The van der Waals surface area contributed by atoms with Gasteiger partial charge in [0.1, 0.15) is 13.2 Å². The molecule has 0 aromatic heterocycles. The van der Waals surface area contributed by atoms with Crippen LogP contribution in [0.2, 0.25) is 0 Å². The molecule has 22 heavy (non-hydrogen) atoms. The van der Waals surface area contributed by atoms with Gasteiger partial charge in [-0.3, -0.25) is 0 Å². The Bertz CT molecular complexity index is 577. The van der Waals surface area contributed by atoms with Crippen molar-refractivity contribution in [3.05, 3.63) is 23.8 Å². The van der Waals surface area contributed by atoms with Gasteiger partial charge in [0.05, 0.1) is 5.54 Å². The maximum atomic E-state index is 12.2. The number of carbonyl (C=O) groups is 1. The molecule has 118 valence electrons. The van der Waals surface area contributed by atoms with Gasteiger partial charge < -0.3 is 20.1 Å². The third-order valence-corrected chi connectivity index (χ3v) is 4.89. The smallest absolute Gasteiger partial charge is 0.315 e. The van der Waals surface area contributed by atoms with Gasteiger partial charge in [-0.05, 0) is 43.4 Å². The number of ether oxygens (including phenoxy) is 2. The lowest BCUT2D eigenvalue weighted by atomic mass is 10.0. The van der Waals surface area contributed by atoms with E-state index in [2.05, 4.69) is 10.6 Å². The van der Waals surface area contributed by atoms with Crippen LogP contribution in [-0.2, 0) is 5.54 Å². The van der Waals surface area contributed by atoms with E-state index in [1.807, 2.05) is 18.2 Å². The Hall–Kier alpha value is -1.91. The number of hydrogen-bond donors (Lipinski definition) is 2. The van der Waals surface area contributed by atoms with Crippen molar-refractivity contribution < 1.29 is 14.3 Å². The molecule has 1 heterocycles. The number of hydrogen-bond acceptors (Lipinski definition) is 3. The van der Waals surface area contributed by atoms with Crippen LogP contribution in [0.1, 0.15) is 44.1 Å². The lowest BCUT2D eigenvalue weighted by Crippen LogP contribution is -2.45.